The molecule has 0 N–H and O–H groups in total. The van der Waals surface area contributed by atoms with Gasteiger partial charge in [-0.15, -0.1) is 0 Å². The Morgan fingerprint density at radius 2 is 1.52 bits per heavy atom. The van der Waals surface area contributed by atoms with Gasteiger partial charge in [0.25, 0.3) is 0 Å². The Hall–Kier alpha value is -3.32. The molecule has 0 bridgehead atoms. The molecular formula is C19H13NO3. The van der Waals surface area contributed by atoms with E-state index < -0.39 is 5.63 Å². The molecule has 0 saturated heterocycles. The number of ether oxygens (including phenoxy) is 1. The van der Waals surface area contributed by atoms with E-state index in [1.165, 1.54) is 7.11 Å². The molecule has 1 aromatic heterocycles. The average molecular weight is 303 g/mol. The van der Waals surface area contributed by atoms with E-state index >= 15 is 0 Å². The molecule has 0 atom stereocenters. The van der Waals surface area contributed by atoms with E-state index in [4.69, 9.17) is 9.15 Å². The molecule has 112 valence electrons. The SMILES string of the molecule is COc1c(-c2ccccc2)c(C#N)c(-c2ccccc2)oc1=O. The zero-order chi connectivity index (χ0) is 16.2. The highest BCUT2D eigenvalue weighted by molar-refractivity contribution is 5.82. The van der Waals surface area contributed by atoms with Crippen LogP contribution in [0.15, 0.2) is 69.9 Å². The maximum absolute atomic E-state index is 12.3. The lowest BCUT2D eigenvalue weighted by molar-refractivity contribution is 0.381. The molecule has 23 heavy (non-hydrogen) atoms. The van der Waals surface area contributed by atoms with Crippen LogP contribution in [0.25, 0.3) is 22.5 Å². The van der Waals surface area contributed by atoms with Crippen molar-refractivity contribution in [3.05, 3.63) is 76.6 Å². The Kier molecular flexibility index (Phi) is 3.94. The standard InChI is InChI=1S/C19H13NO3/c1-22-18-16(13-8-4-2-5-9-13)15(12-20)17(23-19(18)21)14-10-6-3-7-11-14/h2-11H,1H3. The van der Waals surface area contributed by atoms with Gasteiger partial charge in [-0.25, -0.2) is 4.79 Å². The Morgan fingerprint density at radius 3 is 2.04 bits per heavy atom. The minimum absolute atomic E-state index is 0.0347. The van der Waals surface area contributed by atoms with Crippen molar-refractivity contribution in [2.75, 3.05) is 7.11 Å². The van der Waals surface area contributed by atoms with Gasteiger partial charge in [-0.2, -0.15) is 5.26 Å². The smallest absolute Gasteiger partial charge is 0.379 e. The molecule has 4 heteroatoms. The van der Waals surface area contributed by atoms with E-state index in [-0.39, 0.29) is 17.1 Å². The number of nitriles is 1. The summed E-state index contributed by atoms with van der Waals surface area (Å²) in [4.78, 5) is 12.3. The third-order valence-electron chi connectivity index (χ3n) is 3.50. The average Bonchev–Trinajstić information content (AvgIpc) is 2.62. The molecule has 0 amide bonds. The molecule has 0 aliphatic rings. The van der Waals surface area contributed by atoms with Crippen LogP contribution in [-0.2, 0) is 0 Å². The predicted molar refractivity (Wildman–Crippen MR) is 87.1 cm³/mol. The van der Waals surface area contributed by atoms with Gasteiger partial charge >= 0.3 is 5.63 Å². The van der Waals surface area contributed by atoms with E-state index in [9.17, 15) is 10.1 Å². The van der Waals surface area contributed by atoms with E-state index in [2.05, 4.69) is 6.07 Å². The Balaban J connectivity index is 2.40. The second kappa shape index (κ2) is 6.20. The third kappa shape index (κ3) is 2.60. The highest BCUT2D eigenvalue weighted by Crippen LogP contribution is 2.36. The van der Waals surface area contributed by atoms with E-state index in [0.29, 0.717) is 11.1 Å². The fourth-order valence-corrected chi connectivity index (χ4v) is 2.48. The van der Waals surface area contributed by atoms with Crippen LogP contribution in [0, 0.1) is 11.3 Å². The second-order valence-electron chi connectivity index (χ2n) is 4.85. The molecule has 0 fully saturated rings. The Bertz CT molecular complexity index is 923. The lowest BCUT2D eigenvalue weighted by Crippen LogP contribution is -2.09. The van der Waals surface area contributed by atoms with Crippen molar-refractivity contribution in [3.8, 4) is 34.3 Å². The number of hydrogen-bond acceptors (Lipinski definition) is 4. The first-order valence-electron chi connectivity index (χ1n) is 7.02. The largest absolute Gasteiger partial charge is 0.489 e. The van der Waals surface area contributed by atoms with Gasteiger partial charge in [-0.3, -0.25) is 0 Å². The lowest BCUT2D eigenvalue weighted by Gasteiger charge is -2.12. The number of rotatable bonds is 3. The maximum Gasteiger partial charge on any atom is 0.379 e. The molecule has 0 saturated carbocycles. The van der Waals surface area contributed by atoms with Gasteiger partial charge < -0.3 is 9.15 Å². The fourth-order valence-electron chi connectivity index (χ4n) is 2.48. The van der Waals surface area contributed by atoms with Gasteiger partial charge in [0.15, 0.2) is 5.76 Å². The molecule has 0 unspecified atom stereocenters. The van der Waals surface area contributed by atoms with Gasteiger partial charge in [0.05, 0.1) is 12.7 Å². The maximum atomic E-state index is 12.3. The van der Waals surface area contributed by atoms with Gasteiger partial charge in [-0.05, 0) is 5.56 Å². The summed E-state index contributed by atoms with van der Waals surface area (Å²) < 4.78 is 10.6. The number of methoxy groups -OCH3 is 1. The molecule has 2 aromatic carbocycles. The Morgan fingerprint density at radius 1 is 0.957 bits per heavy atom. The van der Waals surface area contributed by atoms with Crippen LogP contribution in [0.3, 0.4) is 0 Å². The highest BCUT2D eigenvalue weighted by Gasteiger charge is 2.22. The molecule has 3 rings (SSSR count). The monoisotopic (exact) mass is 303 g/mol. The van der Waals surface area contributed by atoms with Crippen LogP contribution >= 0.6 is 0 Å². The number of hydrogen-bond donors (Lipinski definition) is 0. The molecular weight excluding hydrogens is 290 g/mol. The van der Waals surface area contributed by atoms with Crippen molar-refractivity contribution in [3.63, 3.8) is 0 Å². The van der Waals surface area contributed by atoms with E-state index in [1.54, 1.807) is 12.1 Å². The predicted octanol–water partition coefficient (Wildman–Crippen LogP) is 3.85. The lowest BCUT2D eigenvalue weighted by atomic mass is 9.97. The van der Waals surface area contributed by atoms with Gasteiger partial charge in [0, 0.05) is 5.56 Å². The Labute approximate surface area is 133 Å². The third-order valence-corrected chi connectivity index (χ3v) is 3.50. The summed E-state index contributed by atoms with van der Waals surface area (Å²) in [5, 5.41) is 9.67. The second-order valence-corrected chi connectivity index (χ2v) is 4.85. The normalized spacial score (nSPS) is 10.1. The number of benzene rings is 2. The van der Waals surface area contributed by atoms with Crippen molar-refractivity contribution in [1.29, 1.82) is 5.26 Å². The molecule has 0 aliphatic heterocycles. The van der Waals surface area contributed by atoms with E-state index in [1.807, 2.05) is 48.5 Å². The minimum Gasteiger partial charge on any atom is -0.489 e. The first-order valence-corrected chi connectivity index (χ1v) is 7.02. The highest BCUT2D eigenvalue weighted by atomic mass is 16.5. The van der Waals surface area contributed by atoms with Crippen molar-refractivity contribution < 1.29 is 9.15 Å². The van der Waals surface area contributed by atoms with Crippen molar-refractivity contribution in [2.24, 2.45) is 0 Å². The quantitative estimate of drug-likeness (QED) is 0.737. The zero-order valence-corrected chi connectivity index (χ0v) is 12.4. The summed E-state index contributed by atoms with van der Waals surface area (Å²) in [7, 11) is 1.39. The number of nitrogens with zero attached hydrogens (tertiary/aromatic N) is 1. The zero-order valence-electron chi connectivity index (χ0n) is 12.4. The molecule has 0 radical (unpaired) electrons. The van der Waals surface area contributed by atoms with Crippen LogP contribution in [0.5, 0.6) is 5.75 Å². The summed E-state index contributed by atoms with van der Waals surface area (Å²) in [6.07, 6.45) is 0. The first kappa shape index (κ1) is 14.6. The summed E-state index contributed by atoms with van der Waals surface area (Å²) in [5.41, 5.74) is 1.51. The van der Waals surface area contributed by atoms with Crippen molar-refractivity contribution >= 4 is 0 Å². The van der Waals surface area contributed by atoms with Crippen LogP contribution in [-0.4, -0.2) is 7.11 Å². The van der Waals surface area contributed by atoms with Gasteiger partial charge in [-0.1, -0.05) is 60.7 Å². The summed E-state index contributed by atoms with van der Waals surface area (Å²) in [6.45, 7) is 0. The molecule has 0 spiro atoms. The van der Waals surface area contributed by atoms with Crippen LogP contribution in [0.1, 0.15) is 5.56 Å². The topological polar surface area (TPSA) is 63.2 Å². The van der Waals surface area contributed by atoms with Crippen LogP contribution in [0.2, 0.25) is 0 Å². The summed E-state index contributed by atoms with van der Waals surface area (Å²) in [5.74, 6) is 0.283. The van der Waals surface area contributed by atoms with Crippen LogP contribution < -0.4 is 10.4 Å². The van der Waals surface area contributed by atoms with Crippen LogP contribution in [0.4, 0.5) is 0 Å². The molecule has 1 heterocycles. The molecule has 3 aromatic rings. The van der Waals surface area contributed by atoms with Gasteiger partial charge in [0.2, 0.25) is 5.75 Å². The van der Waals surface area contributed by atoms with Crippen molar-refractivity contribution in [2.45, 2.75) is 0 Å². The molecule has 4 nitrogen and oxygen atoms in total. The van der Waals surface area contributed by atoms with E-state index in [0.717, 1.165) is 5.56 Å². The van der Waals surface area contributed by atoms with Gasteiger partial charge in [0.1, 0.15) is 11.6 Å². The molecule has 0 aliphatic carbocycles. The summed E-state index contributed by atoms with van der Waals surface area (Å²) in [6, 6.07) is 20.4. The summed E-state index contributed by atoms with van der Waals surface area (Å²) >= 11 is 0. The minimum atomic E-state index is -0.607. The fraction of sp³-hybridized carbons (Fsp3) is 0.0526. The van der Waals surface area contributed by atoms with Crippen molar-refractivity contribution in [1.82, 2.24) is 0 Å². The first-order chi connectivity index (χ1) is 11.3.